The van der Waals surface area contributed by atoms with E-state index < -0.39 is 11.7 Å². The van der Waals surface area contributed by atoms with Crippen LogP contribution in [0.15, 0.2) is 36.4 Å². The summed E-state index contributed by atoms with van der Waals surface area (Å²) in [7, 11) is 1.53. The second-order valence-electron chi connectivity index (χ2n) is 4.74. The Balaban J connectivity index is 2.23. The zero-order chi connectivity index (χ0) is 16.1. The lowest BCUT2D eigenvalue weighted by atomic mass is 10.1. The van der Waals surface area contributed by atoms with Crippen LogP contribution in [-0.2, 0) is 0 Å². The number of benzene rings is 2. The molecule has 0 atom stereocenters. The van der Waals surface area contributed by atoms with Gasteiger partial charge in [0, 0.05) is 5.56 Å². The van der Waals surface area contributed by atoms with Crippen LogP contribution in [0, 0.1) is 12.7 Å². The normalized spacial score (nSPS) is 10.2. The maximum atomic E-state index is 13.8. The van der Waals surface area contributed by atoms with Gasteiger partial charge in [-0.15, -0.1) is 0 Å². The standard InChI is InChI=1S/C17H18FNO3/c1-4-22-16-10-12(6-8-15(16)21-3)17(20)19-14-7-5-11(2)9-13(14)18/h5-10H,4H2,1-3H3,(H,19,20). The van der Waals surface area contributed by atoms with E-state index in [2.05, 4.69) is 5.32 Å². The molecule has 0 aliphatic carbocycles. The Morgan fingerprint density at radius 1 is 1.18 bits per heavy atom. The molecule has 0 saturated carbocycles. The molecule has 0 saturated heterocycles. The SMILES string of the molecule is CCOc1cc(C(=O)Nc2ccc(C)cc2F)ccc1OC. The number of anilines is 1. The van der Waals surface area contributed by atoms with Crippen molar-refractivity contribution in [2.24, 2.45) is 0 Å². The first kappa shape index (κ1) is 15.8. The zero-order valence-corrected chi connectivity index (χ0v) is 12.8. The van der Waals surface area contributed by atoms with E-state index >= 15 is 0 Å². The Hall–Kier alpha value is -2.56. The van der Waals surface area contributed by atoms with E-state index in [4.69, 9.17) is 9.47 Å². The number of ether oxygens (including phenoxy) is 2. The Bertz CT molecular complexity index is 686. The number of aryl methyl sites for hydroxylation is 1. The van der Waals surface area contributed by atoms with E-state index in [1.54, 1.807) is 31.2 Å². The van der Waals surface area contributed by atoms with Crippen LogP contribution in [0.3, 0.4) is 0 Å². The number of hydrogen-bond acceptors (Lipinski definition) is 3. The number of rotatable bonds is 5. The minimum Gasteiger partial charge on any atom is -0.493 e. The van der Waals surface area contributed by atoms with Crippen LogP contribution < -0.4 is 14.8 Å². The smallest absolute Gasteiger partial charge is 0.255 e. The molecular weight excluding hydrogens is 285 g/mol. The van der Waals surface area contributed by atoms with Gasteiger partial charge in [-0.2, -0.15) is 0 Å². The first-order valence-corrected chi connectivity index (χ1v) is 6.93. The lowest BCUT2D eigenvalue weighted by Crippen LogP contribution is -2.13. The summed E-state index contributed by atoms with van der Waals surface area (Å²) in [5.74, 6) is 0.139. The highest BCUT2D eigenvalue weighted by Crippen LogP contribution is 2.28. The molecule has 116 valence electrons. The molecule has 0 heterocycles. The maximum absolute atomic E-state index is 13.8. The van der Waals surface area contributed by atoms with E-state index in [-0.39, 0.29) is 5.69 Å². The van der Waals surface area contributed by atoms with Crippen molar-refractivity contribution in [1.82, 2.24) is 0 Å². The summed E-state index contributed by atoms with van der Waals surface area (Å²) in [6, 6.07) is 9.46. The molecule has 0 spiro atoms. The lowest BCUT2D eigenvalue weighted by Gasteiger charge is -2.11. The van der Waals surface area contributed by atoms with Gasteiger partial charge in [-0.05, 0) is 49.7 Å². The summed E-state index contributed by atoms with van der Waals surface area (Å²) >= 11 is 0. The third kappa shape index (κ3) is 3.55. The molecule has 0 bridgehead atoms. The van der Waals surface area contributed by atoms with E-state index in [0.717, 1.165) is 5.56 Å². The van der Waals surface area contributed by atoms with Crippen LogP contribution in [0.5, 0.6) is 11.5 Å². The van der Waals surface area contributed by atoms with Crippen molar-refractivity contribution in [2.75, 3.05) is 19.0 Å². The predicted molar refractivity (Wildman–Crippen MR) is 83.3 cm³/mol. The third-order valence-corrected chi connectivity index (χ3v) is 3.10. The number of hydrogen-bond donors (Lipinski definition) is 1. The Morgan fingerprint density at radius 2 is 1.95 bits per heavy atom. The van der Waals surface area contributed by atoms with Crippen LogP contribution >= 0.6 is 0 Å². The molecule has 1 N–H and O–H groups in total. The van der Waals surface area contributed by atoms with Gasteiger partial charge in [0.05, 0.1) is 19.4 Å². The molecule has 0 aliphatic heterocycles. The third-order valence-electron chi connectivity index (χ3n) is 3.10. The molecule has 1 amide bonds. The molecule has 2 aromatic carbocycles. The number of amides is 1. The molecule has 22 heavy (non-hydrogen) atoms. The predicted octanol–water partition coefficient (Wildman–Crippen LogP) is 3.79. The molecule has 2 aromatic rings. The maximum Gasteiger partial charge on any atom is 0.255 e. The van der Waals surface area contributed by atoms with Gasteiger partial charge in [-0.1, -0.05) is 6.07 Å². The summed E-state index contributed by atoms with van der Waals surface area (Å²) in [5, 5.41) is 2.55. The van der Waals surface area contributed by atoms with Crippen LogP contribution in [0.4, 0.5) is 10.1 Å². The Morgan fingerprint density at radius 3 is 2.59 bits per heavy atom. The highest BCUT2D eigenvalue weighted by atomic mass is 19.1. The number of nitrogens with one attached hydrogen (secondary N) is 1. The first-order chi connectivity index (χ1) is 10.5. The highest BCUT2D eigenvalue weighted by Gasteiger charge is 2.13. The summed E-state index contributed by atoms with van der Waals surface area (Å²) in [6.07, 6.45) is 0. The minimum absolute atomic E-state index is 0.143. The summed E-state index contributed by atoms with van der Waals surface area (Å²) < 4.78 is 24.4. The number of methoxy groups -OCH3 is 1. The average Bonchev–Trinajstić information content (AvgIpc) is 2.50. The van der Waals surface area contributed by atoms with Crippen molar-refractivity contribution >= 4 is 11.6 Å². The molecule has 0 unspecified atom stereocenters. The molecule has 0 aromatic heterocycles. The monoisotopic (exact) mass is 303 g/mol. The van der Waals surface area contributed by atoms with Crippen LogP contribution in [0.2, 0.25) is 0 Å². The molecule has 0 fully saturated rings. The largest absolute Gasteiger partial charge is 0.493 e. The number of halogens is 1. The van der Waals surface area contributed by atoms with E-state index in [1.165, 1.54) is 19.2 Å². The van der Waals surface area contributed by atoms with Gasteiger partial charge in [0.2, 0.25) is 0 Å². The van der Waals surface area contributed by atoms with Gasteiger partial charge >= 0.3 is 0 Å². The van der Waals surface area contributed by atoms with E-state index in [9.17, 15) is 9.18 Å². The summed E-state index contributed by atoms with van der Waals surface area (Å²) in [4.78, 5) is 12.2. The second-order valence-corrected chi connectivity index (χ2v) is 4.74. The van der Waals surface area contributed by atoms with E-state index in [1.807, 2.05) is 6.92 Å². The van der Waals surface area contributed by atoms with Crippen molar-refractivity contribution in [3.05, 3.63) is 53.3 Å². The topological polar surface area (TPSA) is 47.6 Å². The summed E-state index contributed by atoms with van der Waals surface area (Å²) in [6.45, 7) is 4.08. The fraction of sp³-hybridized carbons (Fsp3) is 0.235. The van der Waals surface area contributed by atoms with Crippen LogP contribution in [0.1, 0.15) is 22.8 Å². The average molecular weight is 303 g/mol. The van der Waals surface area contributed by atoms with Crippen LogP contribution in [0.25, 0.3) is 0 Å². The fourth-order valence-electron chi connectivity index (χ4n) is 2.00. The number of carbonyl (C=O) groups is 1. The van der Waals surface area contributed by atoms with Gasteiger partial charge in [-0.3, -0.25) is 4.79 Å². The zero-order valence-electron chi connectivity index (χ0n) is 12.8. The van der Waals surface area contributed by atoms with Crippen molar-refractivity contribution in [3.63, 3.8) is 0 Å². The molecule has 2 rings (SSSR count). The Labute approximate surface area is 128 Å². The second kappa shape index (κ2) is 6.93. The summed E-state index contributed by atoms with van der Waals surface area (Å²) in [5.41, 5.74) is 1.30. The highest BCUT2D eigenvalue weighted by molar-refractivity contribution is 6.04. The molecular formula is C17H18FNO3. The minimum atomic E-state index is -0.466. The molecule has 4 nitrogen and oxygen atoms in total. The van der Waals surface area contributed by atoms with E-state index in [0.29, 0.717) is 23.7 Å². The quantitative estimate of drug-likeness (QED) is 0.914. The fourth-order valence-corrected chi connectivity index (χ4v) is 2.00. The van der Waals surface area contributed by atoms with Gasteiger partial charge in [0.25, 0.3) is 5.91 Å². The lowest BCUT2D eigenvalue weighted by molar-refractivity contribution is 0.102. The van der Waals surface area contributed by atoms with Crippen LogP contribution in [-0.4, -0.2) is 19.6 Å². The van der Waals surface area contributed by atoms with Gasteiger partial charge < -0.3 is 14.8 Å². The molecule has 5 heteroatoms. The first-order valence-electron chi connectivity index (χ1n) is 6.93. The number of carbonyl (C=O) groups excluding carboxylic acids is 1. The van der Waals surface area contributed by atoms with Gasteiger partial charge in [-0.25, -0.2) is 4.39 Å². The van der Waals surface area contributed by atoms with Crippen molar-refractivity contribution in [1.29, 1.82) is 0 Å². The van der Waals surface area contributed by atoms with Gasteiger partial charge in [0.1, 0.15) is 5.82 Å². The van der Waals surface area contributed by atoms with Gasteiger partial charge in [0.15, 0.2) is 11.5 Å². The van der Waals surface area contributed by atoms with Crippen molar-refractivity contribution in [2.45, 2.75) is 13.8 Å². The van der Waals surface area contributed by atoms with Crippen molar-refractivity contribution < 1.29 is 18.7 Å². The molecule has 0 radical (unpaired) electrons. The molecule has 0 aliphatic rings. The van der Waals surface area contributed by atoms with Crippen molar-refractivity contribution in [3.8, 4) is 11.5 Å². The Kier molecular flexibility index (Phi) is 4.99.